The Kier molecular flexibility index (Phi) is 5.32. The highest BCUT2D eigenvalue weighted by molar-refractivity contribution is 5.83. The molecule has 0 radical (unpaired) electrons. The highest BCUT2D eigenvalue weighted by Crippen LogP contribution is 2.18. The van der Waals surface area contributed by atoms with Gasteiger partial charge in [-0.25, -0.2) is 0 Å². The van der Waals surface area contributed by atoms with Crippen molar-refractivity contribution in [3.05, 3.63) is 29.8 Å². The van der Waals surface area contributed by atoms with Gasteiger partial charge in [-0.05, 0) is 31.5 Å². The van der Waals surface area contributed by atoms with Crippen LogP contribution in [-0.2, 0) is 16.1 Å². The summed E-state index contributed by atoms with van der Waals surface area (Å²) >= 11 is 0. The maximum absolute atomic E-state index is 11.2. The van der Waals surface area contributed by atoms with Gasteiger partial charge in [0.15, 0.2) is 0 Å². The van der Waals surface area contributed by atoms with Crippen LogP contribution in [-0.4, -0.2) is 24.7 Å². The van der Waals surface area contributed by atoms with Gasteiger partial charge in [-0.2, -0.15) is 0 Å². The minimum atomic E-state index is -1.07. The van der Waals surface area contributed by atoms with Gasteiger partial charge < -0.3 is 20.9 Å². The second-order valence-electron chi connectivity index (χ2n) is 4.99. The molecule has 0 spiro atoms. The molecule has 0 bridgehead atoms. The maximum atomic E-state index is 11.2. The summed E-state index contributed by atoms with van der Waals surface area (Å²) < 4.78 is 10.8. The summed E-state index contributed by atoms with van der Waals surface area (Å²) in [5.74, 6) is 0.193. The summed E-state index contributed by atoms with van der Waals surface area (Å²) in [7, 11) is 1.64. The first-order chi connectivity index (χ1) is 8.85. The van der Waals surface area contributed by atoms with Crippen molar-refractivity contribution in [3.8, 4) is 5.75 Å². The molecule has 0 saturated carbocycles. The molecular weight excluding hydrogens is 244 g/mol. The van der Waals surface area contributed by atoms with Crippen LogP contribution in [0.2, 0.25) is 0 Å². The van der Waals surface area contributed by atoms with Crippen LogP contribution in [0.25, 0.3) is 0 Å². The normalized spacial score (nSPS) is 15.6. The molecule has 0 heterocycles. The molecule has 106 valence electrons. The van der Waals surface area contributed by atoms with Crippen LogP contribution >= 0.6 is 0 Å². The quantitative estimate of drug-likeness (QED) is 0.776. The van der Waals surface area contributed by atoms with Gasteiger partial charge in [-0.3, -0.25) is 4.79 Å². The van der Waals surface area contributed by atoms with E-state index in [0.29, 0.717) is 13.0 Å². The molecule has 2 atom stereocenters. The topological polar surface area (TPSA) is 87.6 Å². The highest BCUT2D eigenvalue weighted by atomic mass is 16.5. The van der Waals surface area contributed by atoms with E-state index in [-0.39, 0.29) is 6.10 Å². The number of hydrogen-bond donors (Lipinski definition) is 2. The molecule has 5 heteroatoms. The Balaban J connectivity index is 2.64. The zero-order valence-electron chi connectivity index (χ0n) is 11.7. The Hall–Kier alpha value is -1.59. The van der Waals surface area contributed by atoms with Gasteiger partial charge in [-0.1, -0.05) is 12.1 Å². The summed E-state index contributed by atoms with van der Waals surface area (Å²) in [6, 6.07) is 7.61. The van der Waals surface area contributed by atoms with Crippen LogP contribution in [0.4, 0.5) is 0 Å². The van der Waals surface area contributed by atoms with Crippen molar-refractivity contribution >= 4 is 5.91 Å². The number of carbonyl (C=O) groups excluding carboxylic acids is 1. The van der Waals surface area contributed by atoms with Crippen molar-refractivity contribution in [3.63, 3.8) is 0 Å². The molecule has 2 unspecified atom stereocenters. The Morgan fingerprint density at radius 2 is 2.16 bits per heavy atom. The number of hydrogen-bond acceptors (Lipinski definition) is 4. The number of amides is 1. The molecule has 0 aromatic heterocycles. The fourth-order valence-corrected chi connectivity index (χ4v) is 1.85. The van der Waals surface area contributed by atoms with E-state index in [1.165, 1.54) is 0 Å². The Bertz CT molecular complexity index is 432. The van der Waals surface area contributed by atoms with Gasteiger partial charge in [-0.15, -0.1) is 0 Å². The van der Waals surface area contributed by atoms with E-state index in [1.807, 2.05) is 31.2 Å². The molecule has 0 aliphatic heterocycles. The smallest absolute Gasteiger partial charge is 0.237 e. The van der Waals surface area contributed by atoms with E-state index in [4.69, 9.17) is 20.9 Å². The SMILES string of the molecule is COCc1cccc(OC(C)CC(C)(N)C(N)=O)c1. The number of ether oxygens (including phenoxy) is 2. The van der Waals surface area contributed by atoms with Gasteiger partial charge in [0.25, 0.3) is 0 Å². The Morgan fingerprint density at radius 3 is 2.74 bits per heavy atom. The molecule has 19 heavy (non-hydrogen) atoms. The molecule has 1 amide bonds. The predicted octanol–water partition coefficient (Wildman–Crippen LogP) is 1.19. The molecule has 1 rings (SSSR count). The second-order valence-corrected chi connectivity index (χ2v) is 4.99. The lowest BCUT2D eigenvalue weighted by Gasteiger charge is -2.25. The molecule has 1 aromatic carbocycles. The summed E-state index contributed by atoms with van der Waals surface area (Å²) in [4.78, 5) is 11.2. The molecule has 0 aliphatic carbocycles. The minimum Gasteiger partial charge on any atom is -0.491 e. The molecule has 4 N–H and O–H groups in total. The average molecular weight is 266 g/mol. The fraction of sp³-hybridized carbons (Fsp3) is 0.500. The zero-order valence-corrected chi connectivity index (χ0v) is 11.7. The monoisotopic (exact) mass is 266 g/mol. The van der Waals surface area contributed by atoms with Crippen molar-refractivity contribution in [2.45, 2.75) is 38.5 Å². The van der Waals surface area contributed by atoms with Crippen molar-refractivity contribution < 1.29 is 14.3 Å². The van der Waals surface area contributed by atoms with Gasteiger partial charge in [0.1, 0.15) is 5.75 Å². The van der Waals surface area contributed by atoms with Crippen LogP contribution in [0, 0.1) is 0 Å². The number of nitrogens with two attached hydrogens (primary N) is 2. The molecule has 0 fully saturated rings. The lowest BCUT2D eigenvalue weighted by atomic mass is 9.95. The van der Waals surface area contributed by atoms with Crippen molar-refractivity contribution in [1.29, 1.82) is 0 Å². The Morgan fingerprint density at radius 1 is 1.47 bits per heavy atom. The third kappa shape index (κ3) is 4.89. The van der Waals surface area contributed by atoms with E-state index < -0.39 is 11.4 Å². The lowest BCUT2D eigenvalue weighted by molar-refractivity contribution is -0.123. The summed E-state index contributed by atoms with van der Waals surface area (Å²) in [5, 5.41) is 0. The summed E-state index contributed by atoms with van der Waals surface area (Å²) in [5.41, 5.74) is 11.0. The molecule has 1 aromatic rings. The molecule has 5 nitrogen and oxygen atoms in total. The van der Waals surface area contributed by atoms with E-state index in [0.717, 1.165) is 11.3 Å². The lowest BCUT2D eigenvalue weighted by Crippen LogP contribution is -2.51. The number of benzene rings is 1. The highest BCUT2D eigenvalue weighted by Gasteiger charge is 2.28. The van der Waals surface area contributed by atoms with Crippen molar-refractivity contribution in [2.24, 2.45) is 11.5 Å². The second kappa shape index (κ2) is 6.54. The number of methoxy groups -OCH3 is 1. The zero-order chi connectivity index (χ0) is 14.5. The van der Waals surface area contributed by atoms with Crippen molar-refractivity contribution in [2.75, 3.05) is 7.11 Å². The minimum absolute atomic E-state index is 0.208. The van der Waals surface area contributed by atoms with E-state index >= 15 is 0 Å². The number of primary amides is 1. The van der Waals surface area contributed by atoms with Crippen LogP contribution < -0.4 is 16.2 Å². The molecule has 0 aliphatic rings. The number of carbonyl (C=O) groups is 1. The summed E-state index contributed by atoms with van der Waals surface area (Å²) in [6.45, 7) is 4.00. The summed E-state index contributed by atoms with van der Waals surface area (Å²) in [6.07, 6.45) is 0.150. The van der Waals surface area contributed by atoms with Gasteiger partial charge >= 0.3 is 0 Å². The third-order valence-corrected chi connectivity index (χ3v) is 2.82. The van der Waals surface area contributed by atoms with E-state index in [1.54, 1.807) is 14.0 Å². The standard InChI is InChI=1S/C14H22N2O3/c1-10(8-14(2,16)13(15)17)19-12-6-4-5-11(7-12)9-18-3/h4-7,10H,8-9,16H2,1-3H3,(H2,15,17). The number of rotatable bonds is 7. The average Bonchev–Trinajstić information content (AvgIpc) is 2.28. The first kappa shape index (κ1) is 15.5. The van der Waals surface area contributed by atoms with Gasteiger partial charge in [0, 0.05) is 13.5 Å². The maximum Gasteiger partial charge on any atom is 0.237 e. The van der Waals surface area contributed by atoms with Gasteiger partial charge in [0.2, 0.25) is 5.91 Å². The van der Waals surface area contributed by atoms with Crippen LogP contribution in [0.15, 0.2) is 24.3 Å². The Labute approximate surface area is 113 Å². The first-order valence-corrected chi connectivity index (χ1v) is 6.18. The third-order valence-electron chi connectivity index (χ3n) is 2.82. The first-order valence-electron chi connectivity index (χ1n) is 6.18. The largest absolute Gasteiger partial charge is 0.491 e. The van der Waals surface area contributed by atoms with Gasteiger partial charge in [0.05, 0.1) is 18.2 Å². The van der Waals surface area contributed by atoms with Crippen LogP contribution in [0.3, 0.4) is 0 Å². The van der Waals surface area contributed by atoms with E-state index in [2.05, 4.69) is 0 Å². The molecular formula is C14H22N2O3. The predicted molar refractivity (Wildman–Crippen MR) is 73.6 cm³/mol. The van der Waals surface area contributed by atoms with Crippen molar-refractivity contribution in [1.82, 2.24) is 0 Å². The van der Waals surface area contributed by atoms with Crippen LogP contribution in [0.5, 0.6) is 5.75 Å². The van der Waals surface area contributed by atoms with Crippen LogP contribution in [0.1, 0.15) is 25.8 Å². The van der Waals surface area contributed by atoms with E-state index in [9.17, 15) is 4.79 Å². The molecule has 0 saturated heterocycles. The fourth-order valence-electron chi connectivity index (χ4n) is 1.85.